The Bertz CT molecular complexity index is 962. The van der Waals surface area contributed by atoms with E-state index in [0.29, 0.717) is 31.9 Å². The quantitative estimate of drug-likeness (QED) is 0.528. The van der Waals surface area contributed by atoms with Gasteiger partial charge in [-0.3, -0.25) is 19.5 Å². The van der Waals surface area contributed by atoms with Crippen molar-refractivity contribution in [2.75, 3.05) is 44.6 Å². The fraction of sp³-hybridized carbons (Fsp3) is 0.333. The largest absolute Gasteiger partial charge is 0.452 e. The normalized spacial score (nSPS) is 14.4. The van der Waals surface area contributed by atoms with Gasteiger partial charge in [0.05, 0.1) is 12.2 Å². The van der Waals surface area contributed by atoms with Crippen molar-refractivity contribution >= 4 is 29.5 Å². The Morgan fingerprint density at radius 3 is 2.41 bits per heavy atom. The van der Waals surface area contributed by atoms with Gasteiger partial charge in [-0.25, -0.2) is 4.79 Å². The first-order valence-corrected chi connectivity index (χ1v) is 10.5. The molecular weight excluding hydrogens is 408 g/mol. The minimum absolute atomic E-state index is 0.0733. The number of amides is 2. The summed E-state index contributed by atoms with van der Waals surface area (Å²) in [6.07, 6.45) is 4.42. The topological polar surface area (TPSA) is 91.8 Å². The Kier molecular flexibility index (Phi) is 8.10. The summed E-state index contributed by atoms with van der Waals surface area (Å²) in [5.41, 5.74) is 3.54. The number of ether oxygens (including phenoxy) is 1. The minimum Gasteiger partial charge on any atom is -0.452 e. The first-order chi connectivity index (χ1) is 15.4. The Morgan fingerprint density at radius 1 is 1.03 bits per heavy atom. The molecular formula is C24H28N4O4. The molecule has 0 aliphatic carbocycles. The number of hydrogen-bond donors (Lipinski definition) is 1. The number of carbonyl (C=O) groups excluding carboxylic acids is 3. The smallest absolute Gasteiger partial charge is 0.331 e. The molecule has 0 spiro atoms. The summed E-state index contributed by atoms with van der Waals surface area (Å²) in [6, 6.07) is 11.3. The van der Waals surface area contributed by atoms with Gasteiger partial charge >= 0.3 is 5.97 Å². The van der Waals surface area contributed by atoms with E-state index in [0.717, 1.165) is 16.8 Å². The molecule has 0 atom stereocenters. The van der Waals surface area contributed by atoms with Crippen LogP contribution in [0.2, 0.25) is 0 Å². The van der Waals surface area contributed by atoms with Crippen LogP contribution in [-0.4, -0.2) is 71.9 Å². The molecule has 0 radical (unpaired) electrons. The molecule has 1 aliphatic heterocycles. The number of para-hydroxylation sites is 1. The van der Waals surface area contributed by atoms with Crippen LogP contribution in [0.5, 0.6) is 0 Å². The van der Waals surface area contributed by atoms with Gasteiger partial charge in [0.15, 0.2) is 6.61 Å². The van der Waals surface area contributed by atoms with E-state index in [9.17, 15) is 14.4 Å². The van der Waals surface area contributed by atoms with Gasteiger partial charge in [0.25, 0.3) is 5.91 Å². The van der Waals surface area contributed by atoms with Crippen LogP contribution in [-0.2, 0) is 19.1 Å². The van der Waals surface area contributed by atoms with Crippen LogP contribution < -0.4 is 5.32 Å². The maximum absolute atomic E-state index is 12.4. The molecule has 0 bridgehead atoms. The van der Waals surface area contributed by atoms with Gasteiger partial charge in [-0.1, -0.05) is 24.3 Å². The number of carbonyl (C=O) groups is 3. The number of pyridine rings is 1. The van der Waals surface area contributed by atoms with E-state index in [1.807, 2.05) is 43.0 Å². The summed E-state index contributed by atoms with van der Waals surface area (Å²) < 4.78 is 5.04. The fourth-order valence-electron chi connectivity index (χ4n) is 3.45. The summed E-state index contributed by atoms with van der Waals surface area (Å²) in [4.78, 5) is 44.3. The van der Waals surface area contributed by atoms with E-state index in [2.05, 4.69) is 10.3 Å². The molecule has 2 aromatic rings. The predicted molar refractivity (Wildman–Crippen MR) is 122 cm³/mol. The van der Waals surface area contributed by atoms with Crippen molar-refractivity contribution in [1.29, 1.82) is 0 Å². The van der Waals surface area contributed by atoms with Crippen molar-refractivity contribution in [1.82, 2.24) is 14.8 Å². The van der Waals surface area contributed by atoms with Gasteiger partial charge in [0, 0.05) is 44.1 Å². The van der Waals surface area contributed by atoms with Gasteiger partial charge in [0.2, 0.25) is 5.91 Å². The summed E-state index contributed by atoms with van der Waals surface area (Å²) in [5, 5.41) is 2.99. The number of esters is 1. The fourth-order valence-corrected chi connectivity index (χ4v) is 3.45. The number of aromatic nitrogens is 1. The van der Waals surface area contributed by atoms with Crippen LogP contribution in [0.3, 0.4) is 0 Å². The second kappa shape index (κ2) is 11.2. The van der Waals surface area contributed by atoms with Crippen molar-refractivity contribution in [3.8, 4) is 0 Å². The maximum atomic E-state index is 12.4. The molecule has 8 nitrogen and oxygen atoms in total. The molecule has 32 heavy (non-hydrogen) atoms. The highest BCUT2D eigenvalue weighted by atomic mass is 16.5. The third kappa shape index (κ3) is 6.75. The van der Waals surface area contributed by atoms with E-state index in [4.69, 9.17) is 4.74 Å². The number of hydrogen-bond acceptors (Lipinski definition) is 6. The third-order valence-electron chi connectivity index (χ3n) is 5.25. The Morgan fingerprint density at radius 2 is 1.75 bits per heavy atom. The highest BCUT2D eigenvalue weighted by molar-refractivity contribution is 5.93. The highest BCUT2D eigenvalue weighted by Gasteiger charge is 2.23. The van der Waals surface area contributed by atoms with Gasteiger partial charge in [-0.2, -0.15) is 0 Å². The predicted octanol–water partition coefficient (Wildman–Crippen LogP) is 2.04. The van der Waals surface area contributed by atoms with Gasteiger partial charge in [-0.15, -0.1) is 0 Å². The van der Waals surface area contributed by atoms with Crippen molar-refractivity contribution < 1.29 is 19.1 Å². The molecule has 1 aromatic carbocycles. The summed E-state index contributed by atoms with van der Waals surface area (Å²) >= 11 is 0. The van der Waals surface area contributed by atoms with Crippen LogP contribution in [0, 0.1) is 13.8 Å². The average molecular weight is 437 g/mol. The zero-order valence-electron chi connectivity index (χ0n) is 18.4. The molecule has 168 valence electrons. The Labute approximate surface area is 187 Å². The van der Waals surface area contributed by atoms with E-state index in [1.54, 1.807) is 23.2 Å². The van der Waals surface area contributed by atoms with Gasteiger partial charge in [0.1, 0.15) is 0 Å². The van der Waals surface area contributed by atoms with Gasteiger partial charge < -0.3 is 15.0 Å². The summed E-state index contributed by atoms with van der Waals surface area (Å²) in [7, 11) is 0. The molecule has 2 amide bonds. The highest BCUT2D eigenvalue weighted by Crippen LogP contribution is 2.19. The molecule has 1 N–H and O–H groups in total. The zero-order valence-corrected chi connectivity index (χ0v) is 18.4. The lowest BCUT2D eigenvalue weighted by molar-refractivity contribution is -0.149. The molecule has 1 fully saturated rings. The molecule has 1 aliphatic rings. The monoisotopic (exact) mass is 436 g/mol. The van der Waals surface area contributed by atoms with Crippen LogP contribution in [0.15, 0.2) is 48.7 Å². The summed E-state index contributed by atoms with van der Waals surface area (Å²) in [6.45, 7) is 6.02. The minimum atomic E-state index is -0.592. The first-order valence-electron chi connectivity index (χ1n) is 10.5. The van der Waals surface area contributed by atoms with Crippen molar-refractivity contribution in [3.63, 3.8) is 0 Å². The third-order valence-corrected chi connectivity index (χ3v) is 5.25. The molecule has 8 heteroatoms. The SMILES string of the molecule is Cc1cccc(C)c1NC(=O)CN1CCN(C(=O)COC(=O)/C=C/c2ccccn2)CC1. The lowest BCUT2D eigenvalue weighted by Gasteiger charge is -2.34. The average Bonchev–Trinajstić information content (AvgIpc) is 2.80. The lowest BCUT2D eigenvalue weighted by atomic mass is 10.1. The van der Waals surface area contributed by atoms with E-state index in [-0.39, 0.29) is 25.0 Å². The van der Waals surface area contributed by atoms with Crippen molar-refractivity contribution in [2.45, 2.75) is 13.8 Å². The number of rotatable bonds is 7. The Hall–Kier alpha value is -3.52. The number of nitrogens with zero attached hydrogens (tertiary/aromatic N) is 3. The number of piperazine rings is 1. The van der Waals surface area contributed by atoms with Crippen molar-refractivity contribution in [3.05, 3.63) is 65.5 Å². The van der Waals surface area contributed by atoms with Crippen LogP contribution in [0.4, 0.5) is 5.69 Å². The number of benzene rings is 1. The molecule has 0 saturated carbocycles. The summed E-state index contributed by atoms with van der Waals surface area (Å²) in [5.74, 6) is -0.911. The maximum Gasteiger partial charge on any atom is 0.331 e. The van der Waals surface area contributed by atoms with E-state index in [1.165, 1.54) is 12.2 Å². The molecule has 3 rings (SSSR count). The van der Waals surface area contributed by atoms with Crippen LogP contribution in [0.1, 0.15) is 16.8 Å². The number of anilines is 1. The van der Waals surface area contributed by atoms with Crippen LogP contribution in [0.25, 0.3) is 6.08 Å². The Balaban J connectivity index is 1.38. The first kappa shape index (κ1) is 23.1. The second-order valence-corrected chi connectivity index (χ2v) is 7.67. The van der Waals surface area contributed by atoms with Gasteiger partial charge in [-0.05, 0) is 43.2 Å². The van der Waals surface area contributed by atoms with Crippen LogP contribution >= 0.6 is 0 Å². The van der Waals surface area contributed by atoms with E-state index < -0.39 is 5.97 Å². The lowest BCUT2D eigenvalue weighted by Crippen LogP contribution is -2.51. The standard InChI is InChI=1S/C24H28N4O4/c1-18-6-5-7-19(2)24(18)26-21(29)16-27-12-14-28(15-13-27)22(30)17-32-23(31)10-9-20-8-3-4-11-25-20/h3-11H,12-17H2,1-2H3,(H,26,29)/b10-9+. The molecule has 0 unspecified atom stereocenters. The number of nitrogens with one attached hydrogen (secondary N) is 1. The number of aryl methyl sites for hydroxylation is 2. The van der Waals surface area contributed by atoms with E-state index >= 15 is 0 Å². The second-order valence-electron chi connectivity index (χ2n) is 7.67. The van der Waals surface area contributed by atoms with Crippen molar-refractivity contribution in [2.24, 2.45) is 0 Å². The molecule has 1 saturated heterocycles. The zero-order chi connectivity index (χ0) is 22.9. The molecule has 1 aromatic heterocycles. The molecule has 2 heterocycles.